The van der Waals surface area contributed by atoms with Crippen LogP contribution in [0.2, 0.25) is 0 Å². The van der Waals surface area contributed by atoms with Crippen molar-refractivity contribution in [3.05, 3.63) is 0 Å². The minimum atomic E-state index is 0.252. The van der Waals surface area contributed by atoms with Crippen molar-refractivity contribution in [1.29, 1.82) is 0 Å². The van der Waals surface area contributed by atoms with Crippen molar-refractivity contribution in [3.8, 4) is 0 Å². The van der Waals surface area contributed by atoms with E-state index in [4.69, 9.17) is 11.6 Å². The fourth-order valence-electron chi connectivity index (χ4n) is 0.891. The molecule has 1 unspecified atom stereocenters. The highest BCUT2D eigenvalue weighted by Crippen LogP contribution is 1.95. The van der Waals surface area contributed by atoms with Gasteiger partial charge in [-0.05, 0) is 28.1 Å². The molecule has 0 aromatic carbocycles. The molecule has 0 radical (unpaired) electrons. The van der Waals surface area contributed by atoms with Crippen molar-refractivity contribution in [3.63, 3.8) is 0 Å². The summed E-state index contributed by atoms with van der Waals surface area (Å²) in [5.41, 5.74) is 0. The van der Waals surface area contributed by atoms with Crippen LogP contribution in [0, 0.1) is 0 Å². The molecule has 3 heteroatoms. The molecule has 0 heterocycles. The van der Waals surface area contributed by atoms with Crippen LogP contribution in [0.1, 0.15) is 6.92 Å². The normalized spacial score (nSPS) is 14.5. The van der Waals surface area contributed by atoms with E-state index in [9.17, 15) is 0 Å². The van der Waals surface area contributed by atoms with Gasteiger partial charge in [-0.3, -0.25) is 0 Å². The van der Waals surface area contributed by atoms with Crippen molar-refractivity contribution in [1.82, 2.24) is 9.80 Å². The van der Waals surface area contributed by atoms with Gasteiger partial charge in [-0.1, -0.05) is 0 Å². The third-order valence-corrected chi connectivity index (χ3v) is 1.63. The first-order valence-electron chi connectivity index (χ1n) is 3.99. The molecule has 68 valence electrons. The summed E-state index contributed by atoms with van der Waals surface area (Å²) in [5, 5.41) is 0.252. The number of halogens is 1. The highest BCUT2D eigenvalue weighted by molar-refractivity contribution is 6.20. The molecule has 0 aliphatic heterocycles. The van der Waals surface area contributed by atoms with Gasteiger partial charge in [0, 0.05) is 25.0 Å². The second-order valence-electron chi connectivity index (χ2n) is 3.35. The molecule has 2 nitrogen and oxygen atoms in total. The molecule has 0 rings (SSSR count). The van der Waals surface area contributed by atoms with Crippen molar-refractivity contribution in [2.75, 3.05) is 40.8 Å². The lowest BCUT2D eigenvalue weighted by atomic mass is 10.4. The fraction of sp³-hybridized carbons (Fsp3) is 1.00. The molecule has 0 aromatic heterocycles. The Morgan fingerprint density at radius 1 is 1.18 bits per heavy atom. The van der Waals surface area contributed by atoms with E-state index in [0.29, 0.717) is 0 Å². The number of alkyl halides is 1. The van der Waals surface area contributed by atoms with E-state index in [-0.39, 0.29) is 5.38 Å². The van der Waals surface area contributed by atoms with Crippen molar-refractivity contribution < 1.29 is 0 Å². The van der Waals surface area contributed by atoms with Gasteiger partial charge in [-0.2, -0.15) is 0 Å². The van der Waals surface area contributed by atoms with Crippen molar-refractivity contribution in [2.45, 2.75) is 12.3 Å². The second-order valence-corrected chi connectivity index (χ2v) is 4.09. The molecule has 0 aliphatic rings. The number of hydrogen-bond donors (Lipinski definition) is 0. The molecule has 0 spiro atoms. The van der Waals surface area contributed by atoms with E-state index in [1.165, 1.54) is 0 Å². The van der Waals surface area contributed by atoms with Crippen LogP contribution in [-0.4, -0.2) is 56.0 Å². The van der Waals surface area contributed by atoms with E-state index in [2.05, 4.69) is 30.9 Å². The van der Waals surface area contributed by atoms with Gasteiger partial charge < -0.3 is 9.80 Å². The summed E-state index contributed by atoms with van der Waals surface area (Å²) in [7, 11) is 6.26. The third-order valence-electron chi connectivity index (χ3n) is 1.49. The number of rotatable bonds is 5. The van der Waals surface area contributed by atoms with E-state index in [1.807, 2.05) is 6.92 Å². The van der Waals surface area contributed by atoms with Crippen LogP contribution in [0.5, 0.6) is 0 Å². The molecular formula is C8H19ClN2. The topological polar surface area (TPSA) is 6.48 Å². The summed E-state index contributed by atoms with van der Waals surface area (Å²) < 4.78 is 0. The average Bonchev–Trinajstić information content (AvgIpc) is 1.82. The summed E-state index contributed by atoms with van der Waals surface area (Å²) in [4.78, 5) is 4.42. The maximum absolute atomic E-state index is 5.83. The van der Waals surface area contributed by atoms with Gasteiger partial charge in [0.25, 0.3) is 0 Å². The van der Waals surface area contributed by atoms with E-state index in [1.54, 1.807) is 0 Å². The quantitative estimate of drug-likeness (QED) is 0.582. The van der Waals surface area contributed by atoms with Crippen LogP contribution in [-0.2, 0) is 0 Å². The molecule has 11 heavy (non-hydrogen) atoms. The van der Waals surface area contributed by atoms with Crippen LogP contribution in [0.4, 0.5) is 0 Å². The smallest absolute Gasteiger partial charge is 0.0434 e. The Labute approximate surface area is 75.1 Å². The van der Waals surface area contributed by atoms with Gasteiger partial charge in [-0.25, -0.2) is 0 Å². The molecule has 0 bridgehead atoms. The highest BCUT2D eigenvalue weighted by atomic mass is 35.5. The first kappa shape index (κ1) is 11.2. The largest absolute Gasteiger partial charge is 0.308 e. The summed E-state index contributed by atoms with van der Waals surface area (Å²) in [6.07, 6.45) is 0. The van der Waals surface area contributed by atoms with Gasteiger partial charge in [0.15, 0.2) is 0 Å². The summed E-state index contributed by atoms with van der Waals surface area (Å²) in [6.45, 7) is 5.17. The molecule has 0 aliphatic carbocycles. The third kappa shape index (κ3) is 8.11. The first-order valence-corrected chi connectivity index (χ1v) is 4.43. The molecular weight excluding hydrogens is 160 g/mol. The molecule has 0 saturated heterocycles. The van der Waals surface area contributed by atoms with Crippen LogP contribution >= 0.6 is 11.6 Å². The number of nitrogens with zero attached hydrogens (tertiary/aromatic N) is 2. The highest BCUT2D eigenvalue weighted by Gasteiger charge is 2.02. The maximum Gasteiger partial charge on any atom is 0.0434 e. The zero-order valence-corrected chi connectivity index (χ0v) is 8.73. The maximum atomic E-state index is 5.83. The Bertz CT molecular complexity index is 94.1. The van der Waals surface area contributed by atoms with Crippen molar-refractivity contribution in [2.24, 2.45) is 0 Å². The molecule has 0 aromatic rings. The molecule has 0 saturated carbocycles. The van der Waals surface area contributed by atoms with Crippen LogP contribution < -0.4 is 0 Å². The standard InChI is InChI=1S/C8H19ClN2/c1-8(9)7-11(4)6-5-10(2)3/h8H,5-7H2,1-4H3. The molecule has 1 atom stereocenters. The Kier molecular flexibility index (Phi) is 5.92. The van der Waals surface area contributed by atoms with Crippen LogP contribution in [0.25, 0.3) is 0 Å². The Balaban J connectivity index is 3.29. The minimum Gasteiger partial charge on any atom is -0.308 e. The summed E-state index contributed by atoms with van der Waals surface area (Å²) in [6, 6.07) is 0. The summed E-state index contributed by atoms with van der Waals surface area (Å²) >= 11 is 5.83. The van der Waals surface area contributed by atoms with Gasteiger partial charge in [-0.15, -0.1) is 11.6 Å². The molecule has 0 fully saturated rings. The zero-order chi connectivity index (χ0) is 8.85. The number of likely N-dealkylation sites (N-methyl/N-ethyl adjacent to an activating group) is 2. The zero-order valence-electron chi connectivity index (χ0n) is 7.97. The monoisotopic (exact) mass is 178 g/mol. The van der Waals surface area contributed by atoms with Crippen LogP contribution in [0.3, 0.4) is 0 Å². The van der Waals surface area contributed by atoms with Crippen LogP contribution in [0.15, 0.2) is 0 Å². The van der Waals surface area contributed by atoms with E-state index in [0.717, 1.165) is 19.6 Å². The van der Waals surface area contributed by atoms with Crippen molar-refractivity contribution >= 4 is 11.6 Å². The molecule has 0 amide bonds. The molecule has 0 N–H and O–H groups in total. The Hall–Kier alpha value is 0.210. The lowest BCUT2D eigenvalue weighted by molar-refractivity contribution is 0.284. The SMILES string of the molecule is CC(Cl)CN(C)CCN(C)C. The van der Waals surface area contributed by atoms with Gasteiger partial charge in [0.05, 0.1) is 0 Å². The minimum absolute atomic E-state index is 0.252. The predicted molar refractivity (Wildman–Crippen MR) is 51.4 cm³/mol. The van der Waals surface area contributed by atoms with Gasteiger partial charge in [0.2, 0.25) is 0 Å². The lowest BCUT2D eigenvalue weighted by Gasteiger charge is -2.19. The average molecular weight is 179 g/mol. The predicted octanol–water partition coefficient (Wildman–Crippen LogP) is 1.11. The van der Waals surface area contributed by atoms with Gasteiger partial charge in [0.1, 0.15) is 0 Å². The van der Waals surface area contributed by atoms with Gasteiger partial charge >= 0.3 is 0 Å². The first-order chi connectivity index (χ1) is 5.02. The fourth-order valence-corrected chi connectivity index (χ4v) is 1.13. The van der Waals surface area contributed by atoms with E-state index < -0.39 is 0 Å². The Morgan fingerprint density at radius 2 is 1.73 bits per heavy atom. The lowest BCUT2D eigenvalue weighted by Crippen LogP contribution is -2.31. The number of hydrogen-bond acceptors (Lipinski definition) is 2. The Morgan fingerprint density at radius 3 is 2.09 bits per heavy atom. The second kappa shape index (κ2) is 5.81. The van der Waals surface area contributed by atoms with E-state index >= 15 is 0 Å². The summed E-state index contributed by atoms with van der Waals surface area (Å²) in [5.74, 6) is 0.